The molecule has 0 fully saturated rings. The number of halogens is 2. The van der Waals surface area contributed by atoms with Crippen LogP contribution in [0.2, 0.25) is 5.02 Å². The van der Waals surface area contributed by atoms with Crippen LogP contribution < -0.4 is 10.6 Å². The van der Waals surface area contributed by atoms with Gasteiger partial charge in [0.1, 0.15) is 5.82 Å². The van der Waals surface area contributed by atoms with Crippen LogP contribution in [-0.4, -0.2) is 23.9 Å². The molecule has 0 radical (unpaired) electrons. The minimum absolute atomic E-state index is 0.134. The highest BCUT2D eigenvalue weighted by molar-refractivity contribution is 6.31. The van der Waals surface area contributed by atoms with Gasteiger partial charge in [0.2, 0.25) is 5.91 Å². The predicted molar refractivity (Wildman–Crippen MR) is 101 cm³/mol. The van der Waals surface area contributed by atoms with Crippen molar-refractivity contribution in [3.63, 3.8) is 0 Å². The smallest absolute Gasteiger partial charge is 0.314 e. The maximum Gasteiger partial charge on any atom is 0.314 e. The van der Waals surface area contributed by atoms with Crippen molar-refractivity contribution in [1.82, 2.24) is 5.32 Å². The molecule has 0 aliphatic carbocycles. The molecule has 1 aliphatic rings. The molecule has 3 rings (SSSR count). The first kappa shape index (κ1) is 19.8. The molecule has 0 saturated carbocycles. The van der Waals surface area contributed by atoms with Gasteiger partial charge in [0.15, 0.2) is 6.10 Å². The quantitative estimate of drug-likeness (QED) is 0.750. The number of nitrogens with one attached hydrogen (secondary N) is 2. The monoisotopic (exact) mass is 404 g/mol. The molecule has 8 heteroatoms. The molecule has 0 aromatic heterocycles. The summed E-state index contributed by atoms with van der Waals surface area (Å²) in [4.78, 5) is 36.6. The van der Waals surface area contributed by atoms with Crippen molar-refractivity contribution in [2.45, 2.75) is 31.9 Å². The van der Waals surface area contributed by atoms with Crippen molar-refractivity contribution in [3.05, 3.63) is 64.4 Å². The topological polar surface area (TPSA) is 84.5 Å². The zero-order chi connectivity index (χ0) is 20.3. The van der Waals surface area contributed by atoms with Gasteiger partial charge in [-0.05, 0) is 36.2 Å². The predicted octanol–water partition coefficient (Wildman–Crippen LogP) is 3.15. The minimum Gasteiger partial charge on any atom is -0.452 e. The van der Waals surface area contributed by atoms with E-state index >= 15 is 0 Å². The highest BCUT2D eigenvalue weighted by Gasteiger charge is 2.33. The molecule has 2 aromatic rings. The molecule has 6 nitrogen and oxygen atoms in total. The SMILES string of the molecule is CC(OC(=O)C1CC(=O)Nc2cc(F)ccc21)C(=O)NCc1ccccc1Cl. The summed E-state index contributed by atoms with van der Waals surface area (Å²) >= 11 is 6.04. The summed E-state index contributed by atoms with van der Waals surface area (Å²) < 4.78 is 18.6. The number of hydrogen-bond acceptors (Lipinski definition) is 4. The second-order valence-electron chi connectivity index (χ2n) is 6.42. The maximum absolute atomic E-state index is 13.4. The number of anilines is 1. The Labute approximate surface area is 166 Å². The van der Waals surface area contributed by atoms with E-state index in [1.54, 1.807) is 24.3 Å². The zero-order valence-electron chi connectivity index (χ0n) is 15.0. The summed E-state index contributed by atoms with van der Waals surface area (Å²) in [6, 6.07) is 10.8. The Morgan fingerprint density at radius 2 is 2.07 bits per heavy atom. The van der Waals surface area contributed by atoms with E-state index in [4.69, 9.17) is 16.3 Å². The van der Waals surface area contributed by atoms with E-state index in [2.05, 4.69) is 10.6 Å². The van der Waals surface area contributed by atoms with Gasteiger partial charge in [0.25, 0.3) is 5.91 Å². The van der Waals surface area contributed by atoms with Gasteiger partial charge in [-0.25, -0.2) is 4.39 Å². The number of benzene rings is 2. The summed E-state index contributed by atoms with van der Waals surface area (Å²) in [6.07, 6.45) is -1.20. The van der Waals surface area contributed by atoms with Gasteiger partial charge in [0.05, 0.1) is 5.92 Å². The second kappa shape index (κ2) is 8.39. The molecule has 2 amide bonds. The van der Waals surface area contributed by atoms with Crippen LogP contribution in [0.3, 0.4) is 0 Å². The van der Waals surface area contributed by atoms with E-state index in [0.29, 0.717) is 10.6 Å². The molecular formula is C20H18ClFN2O4. The van der Waals surface area contributed by atoms with Crippen LogP contribution >= 0.6 is 11.6 Å². The molecule has 146 valence electrons. The zero-order valence-corrected chi connectivity index (χ0v) is 15.8. The Morgan fingerprint density at radius 3 is 2.82 bits per heavy atom. The van der Waals surface area contributed by atoms with Crippen LogP contribution in [0.1, 0.15) is 30.4 Å². The summed E-state index contributed by atoms with van der Waals surface area (Å²) in [5, 5.41) is 5.70. The lowest BCUT2D eigenvalue weighted by atomic mass is 9.90. The van der Waals surface area contributed by atoms with Gasteiger partial charge >= 0.3 is 5.97 Å². The summed E-state index contributed by atoms with van der Waals surface area (Å²) in [6.45, 7) is 1.63. The van der Waals surface area contributed by atoms with Crippen molar-refractivity contribution in [3.8, 4) is 0 Å². The Balaban J connectivity index is 1.63. The van der Waals surface area contributed by atoms with Crippen LogP contribution in [0.5, 0.6) is 0 Å². The summed E-state index contributed by atoms with van der Waals surface area (Å²) in [5.74, 6) is -3.06. The van der Waals surface area contributed by atoms with Crippen LogP contribution in [-0.2, 0) is 25.7 Å². The Bertz CT molecular complexity index is 934. The van der Waals surface area contributed by atoms with E-state index < -0.39 is 35.6 Å². The fourth-order valence-electron chi connectivity index (χ4n) is 2.93. The van der Waals surface area contributed by atoms with Gasteiger partial charge in [-0.1, -0.05) is 35.9 Å². The number of fused-ring (bicyclic) bond motifs is 1. The van der Waals surface area contributed by atoms with E-state index in [0.717, 1.165) is 11.6 Å². The van der Waals surface area contributed by atoms with Crippen LogP contribution in [0, 0.1) is 5.82 Å². The van der Waals surface area contributed by atoms with Crippen LogP contribution in [0.15, 0.2) is 42.5 Å². The third-order valence-corrected chi connectivity index (χ3v) is 4.78. The Morgan fingerprint density at radius 1 is 1.32 bits per heavy atom. The highest BCUT2D eigenvalue weighted by Crippen LogP contribution is 2.33. The average Bonchev–Trinajstić information content (AvgIpc) is 2.65. The van der Waals surface area contributed by atoms with Crippen molar-refractivity contribution in [2.24, 2.45) is 0 Å². The molecule has 0 saturated heterocycles. The number of rotatable bonds is 5. The van der Waals surface area contributed by atoms with E-state index in [1.165, 1.54) is 19.1 Å². The first-order chi connectivity index (χ1) is 13.3. The molecule has 28 heavy (non-hydrogen) atoms. The Kier molecular flexibility index (Phi) is 5.94. The lowest BCUT2D eigenvalue weighted by molar-refractivity contribution is -0.157. The number of hydrogen-bond donors (Lipinski definition) is 2. The van der Waals surface area contributed by atoms with Crippen molar-refractivity contribution in [2.75, 3.05) is 5.32 Å². The third kappa shape index (κ3) is 4.48. The normalized spacial score (nSPS) is 16.5. The molecule has 2 N–H and O–H groups in total. The molecule has 0 spiro atoms. The number of ether oxygens (including phenoxy) is 1. The van der Waals surface area contributed by atoms with E-state index in [-0.39, 0.29) is 18.7 Å². The number of amides is 2. The van der Waals surface area contributed by atoms with Gasteiger partial charge in [0, 0.05) is 23.7 Å². The average molecular weight is 405 g/mol. The second-order valence-corrected chi connectivity index (χ2v) is 6.83. The molecular weight excluding hydrogens is 387 g/mol. The van der Waals surface area contributed by atoms with Crippen LogP contribution in [0.4, 0.5) is 10.1 Å². The molecule has 1 aliphatic heterocycles. The Hall–Kier alpha value is -2.93. The molecule has 2 unspecified atom stereocenters. The number of carbonyl (C=O) groups is 3. The van der Waals surface area contributed by atoms with E-state index in [1.807, 2.05) is 0 Å². The molecule has 2 aromatic carbocycles. The summed E-state index contributed by atoms with van der Waals surface area (Å²) in [5.41, 5.74) is 1.42. The van der Waals surface area contributed by atoms with Gasteiger partial charge in [-0.2, -0.15) is 0 Å². The number of carbonyl (C=O) groups excluding carboxylic acids is 3. The molecule has 2 atom stereocenters. The fourth-order valence-corrected chi connectivity index (χ4v) is 3.13. The standard InChI is InChI=1S/C20H18ClFN2O4/c1-11(19(26)23-10-12-4-2-3-5-16(12)21)28-20(27)15-9-18(25)24-17-8-13(22)6-7-14(15)17/h2-8,11,15H,9-10H2,1H3,(H,23,26)(H,24,25). The lowest BCUT2D eigenvalue weighted by Gasteiger charge is -2.25. The minimum atomic E-state index is -1.07. The van der Waals surface area contributed by atoms with Crippen molar-refractivity contribution >= 4 is 35.1 Å². The van der Waals surface area contributed by atoms with Crippen molar-refractivity contribution in [1.29, 1.82) is 0 Å². The van der Waals surface area contributed by atoms with Gasteiger partial charge in [-0.15, -0.1) is 0 Å². The molecule has 0 bridgehead atoms. The van der Waals surface area contributed by atoms with E-state index in [9.17, 15) is 18.8 Å². The largest absolute Gasteiger partial charge is 0.452 e. The lowest BCUT2D eigenvalue weighted by Crippen LogP contribution is -2.37. The van der Waals surface area contributed by atoms with Crippen LogP contribution in [0.25, 0.3) is 0 Å². The van der Waals surface area contributed by atoms with Gasteiger partial charge < -0.3 is 15.4 Å². The molecule has 1 heterocycles. The first-order valence-corrected chi connectivity index (χ1v) is 9.04. The van der Waals surface area contributed by atoms with Gasteiger partial charge in [-0.3, -0.25) is 14.4 Å². The fraction of sp³-hybridized carbons (Fsp3) is 0.250. The third-order valence-electron chi connectivity index (χ3n) is 4.41. The summed E-state index contributed by atoms with van der Waals surface area (Å²) in [7, 11) is 0. The first-order valence-electron chi connectivity index (χ1n) is 8.66. The number of esters is 1. The van der Waals surface area contributed by atoms with Crippen molar-refractivity contribution < 1.29 is 23.5 Å². The highest BCUT2D eigenvalue weighted by atomic mass is 35.5. The maximum atomic E-state index is 13.4.